The SMILES string of the molecule is CCOC(=O)c1csc(NC(Cc2ccc(OS(N)(=O)=O)cc2)c2csc(-c3cccs3)n2)n1. The second-order valence-corrected chi connectivity index (χ2v) is 10.8. The van der Waals surface area contributed by atoms with Gasteiger partial charge in [0.1, 0.15) is 10.8 Å². The molecule has 3 N–H and O–H groups in total. The van der Waals surface area contributed by atoms with Crippen molar-refractivity contribution in [3.8, 4) is 15.6 Å². The zero-order valence-electron chi connectivity index (χ0n) is 17.8. The molecule has 0 aliphatic carbocycles. The molecule has 4 aromatic rings. The summed E-state index contributed by atoms with van der Waals surface area (Å²) < 4.78 is 32.0. The van der Waals surface area contributed by atoms with E-state index in [0.29, 0.717) is 11.6 Å². The van der Waals surface area contributed by atoms with Crippen molar-refractivity contribution in [2.24, 2.45) is 5.14 Å². The van der Waals surface area contributed by atoms with Crippen molar-refractivity contribution in [2.75, 3.05) is 11.9 Å². The number of hydrogen-bond acceptors (Lipinski definition) is 11. The zero-order chi connectivity index (χ0) is 24.1. The van der Waals surface area contributed by atoms with E-state index in [2.05, 4.69) is 10.3 Å². The summed E-state index contributed by atoms with van der Waals surface area (Å²) in [6.45, 7) is 2.02. The van der Waals surface area contributed by atoms with Gasteiger partial charge in [0.2, 0.25) is 0 Å². The first-order valence-electron chi connectivity index (χ1n) is 10.0. The largest absolute Gasteiger partial charge is 0.461 e. The summed E-state index contributed by atoms with van der Waals surface area (Å²) in [4.78, 5) is 22.2. The summed E-state index contributed by atoms with van der Waals surface area (Å²) in [5.74, 6) is -0.342. The number of esters is 1. The Balaban J connectivity index is 1.57. The van der Waals surface area contributed by atoms with Crippen LogP contribution in [0.15, 0.2) is 52.5 Å². The maximum atomic E-state index is 12.0. The zero-order valence-corrected chi connectivity index (χ0v) is 21.1. The lowest BCUT2D eigenvalue weighted by Gasteiger charge is -2.17. The number of hydrogen-bond donors (Lipinski definition) is 2. The van der Waals surface area contributed by atoms with Crippen LogP contribution >= 0.6 is 34.0 Å². The Morgan fingerprint density at radius 1 is 1.12 bits per heavy atom. The Morgan fingerprint density at radius 2 is 1.91 bits per heavy atom. The summed E-state index contributed by atoms with van der Waals surface area (Å²) in [6, 6.07) is 10.3. The van der Waals surface area contributed by atoms with Crippen LogP contribution < -0.4 is 14.6 Å². The fourth-order valence-corrected chi connectivity index (χ4v) is 5.83. The minimum atomic E-state index is -4.09. The third-order valence-electron chi connectivity index (χ3n) is 4.47. The summed E-state index contributed by atoms with van der Waals surface area (Å²) in [5, 5.41) is 15.4. The van der Waals surface area contributed by atoms with E-state index >= 15 is 0 Å². The van der Waals surface area contributed by atoms with Gasteiger partial charge in [0.25, 0.3) is 0 Å². The van der Waals surface area contributed by atoms with Gasteiger partial charge in [0.05, 0.1) is 23.2 Å². The van der Waals surface area contributed by atoms with Crippen molar-refractivity contribution in [1.82, 2.24) is 9.97 Å². The third kappa shape index (κ3) is 6.39. The Labute approximate surface area is 208 Å². The lowest BCUT2D eigenvalue weighted by molar-refractivity contribution is 0.0520. The lowest BCUT2D eigenvalue weighted by atomic mass is 10.0. The van der Waals surface area contributed by atoms with Crippen LogP contribution in [-0.4, -0.2) is 31.0 Å². The van der Waals surface area contributed by atoms with Gasteiger partial charge in [0.15, 0.2) is 10.8 Å². The number of ether oxygens (including phenoxy) is 1. The molecule has 178 valence electrons. The van der Waals surface area contributed by atoms with Crippen molar-refractivity contribution in [3.63, 3.8) is 0 Å². The highest BCUT2D eigenvalue weighted by Gasteiger charge is 2.20. The molecule has 4 rings (SSSR count). The van der Waals surface area contributed by atoms with Crippen LogP contribution in [-0.2, 0) is 21.5 Å². The van der Waals surface area contributed by atoms with Crippen LogP contribution in [0.3, 0.4) is 0 Å². The maximum absolute atomic E-state index is 12.0. The standard InChI is InChI=1S/C21H20N4O5S4/c1-2-29-20(26)17-12-33-21(25-17)24-15(16-11-32-19(23-16)18-4-3-9-31-18)10-13-5-7-14(8-6-13)30-34(22,27)28/h3-9,11-12,15H,2,10H2,1H3,(H,24,25)(H2,22,27,28). The average Bonchev–Trinajstić information content (AvgIpc) is 3.55. The molecule has 1 atom stereocenters. The molecule has 34 heavy (non-hydrogen) atoms. The lowest BCUT2D eigenvalue weighted by Crippen LogP contribution is -2.19. The molecule has 1 unspecified atom stereocenters. The number of nitrogens with one attached hydrogen (secondary N) is 1. The van der Waals surface area contributed by atoms with Gasteiger partial charge >= 0.3 is 16.3 Å². The molecule has 0 radical (unpaired) electrons. The summed E-state index contributed by atoms with van der Waals surface area (Å²) in [7, 11) is -4.09. The second-order valence-electron chi connectivity index (χ2n) is 6.93. The fourth-order valence-electron chi connectivity index (χ4n) is 3.03. The number of benzene rings is 1. The molecule has 0 aliphatic heterocycles. The molecule has 0 saturated carbocycles. The number of nitrogens with zero attached hydrogens (tertiary/aromatic N) is 2. The van der Waals surface area contributed by atoms with Crippen molar-refractivity contribution in [2.45, 2.75) is 19.4 Å². The molecular weight excluding hydrogens is 517 g/mol. The Kier molecular flexibility index (Phi) is 7.58. The molecular formula is C21H20N4O5S4. The minimum Gasteiger partial charge on any atom is -0.461 e. The number of rotatable bonds is 10. The average molecular weight is 537 g/mol. The maximum Gasteiger partial charge on any atom is 0.380 e. The molecule has 3 aromatic heterocycles. The minimum absolute atomic E-state index is 0.128. The predicted octanol–water partition coefficient (Wildman–Crippen LogP) is 4.48. The van der Waals surface area contributed by atoms with E-state index in [-0.39, 0.29) is 24.1 Å². The topological polar surface area (TPSA) is 134 Å². The van der Waals surface area contributed by atoms with Gasteiger partial charge in [-0.25, -0.2) is 14.8 Å². The van der Waals surface area contributed by atoms with E-state index in [4.69, 9.17) is 19.0 Å². The van der Waals surface area contributed by atoms with Crippen LogP contribution in [0, 0.1) is 0 Å². The normalized spacial score (nSPS) is 12.3. The molecule has 0 amide bonds. The van der Waals surface area contributed by atoms with Crippen LogP contribution in [0.2, 0.25) is 0 Å². The Hall–Kier alpha value is -2.84. The monoisotopic (exact) mass is 536 g/mol. The number of anilines is 1. The second kappa shape index (κ2) is 10.6. The first-order chi connectivity index (χ1) is 16.3. The molecule has 0 saturated heterocycles. The molecule has 9 nitrogen and oxygen atoms in total. The van der Waals surface area contributed by atoms with Gasteiger partial charge in [-0.1, -0.05) is 18.2 Å². The van der Waals surface area contributed by atoms with Gasteiger partial charge in [-0.2, -0.15) is 13.6 Å². The summed E-state index contributed by atoms with van der Waals surface area (Å²) in [5.41, 5.74) is 1.98. The predicted molar refractivity (Wildman–Crippen MR) is 134 cm³/mol. The molecule has 3 heterocycles. The molecule has 13 heteroatoms. The van der Waals surface area contributed by atoms with Crippen LogP contribution in [0.4, 0.5) is 5.13 Å². The fraction of sp³-hybridized carbons (Fsp3) is 0.190. The van der Waals surface area contributed by atoms with E-state index in [1.165, 1.54) is 23.5 Å². The first-order valence-corrected chi connectivity index (χ1v) is 14.1. The highest BCUT2D eigenvalue weighted by atomic mass is 32.2. The van der Waals surface area contributed by atoms with Crippen molar-refractivity contribution in [3.05, 3.63) is 69.5 Å². The smallest absolute Gasteiger partial charge is 0.380 e. The van der Waals surface area contributed by atoms with Crippen LogP contribution in [0.5, 0.6) is 5.75 Å². The highest BCUT2D eigenvalue weighted by Crippen LogP contribution is 2.33. The van der Waals surface area contributed by atoms with Gasteiger partial charge in [-0.3, -0.25) is 0 Å². The van der Waals surface area contributed by atoms with Gasteiger partial charge < -0.3 is 14.2 Å². The van der Waals surface area contributed by atoms with Gasteiger partial charge in [0, 0.05) is 10.8 Å². The number of thiazole rings is 2. The molecule has 1 aromatic carbocycles. The Bertz CT molecular complexity index is 1350. The van der Waals surface area contributed by atoms with E-state index in [1.807, 2.05) is 22.9 Å². The number of nitrogens with two attached hydrogens (primary N) is 1. The number of carbonyl (C=O) groups is 1. The molecule has 0 aliphatic rings. The highest BCUT2D eigenvalue weighted by molar-refractivity contribution is 7.84. The number of thiophene rings is 1. The van der Waals surface area contributed by atoms with E-state index in [1.54, 1.807) is 47.1 Å². The summed E-state index contributed by atoms with van der Waals surface area (Å²) in [6.07, 6.45) is 0.525. The van der Waals surface area contributed by atoms with Crippen molar-refractivity contribution >= 4 is 55.4 Å². The molecule has 0 spiro atoms. The molecule has 0 fully saturated rings. The van der Waals surface area contributed by atoms with E-state index in [9.17, 15) is 13.2 Å². The van der Waals surface area contributed by atoms with Crippen LogP contribution in [0.1, 0.15) is 34.7 Å². The number of aromatic nitrogens is 2. The van der Waals surface area contributed by atoms with Crippen molar-refractivity contribution in [1.29, 1.82) is 0 Å². The van der Waals surface area contributed by atoms with Gasteiger partial charge in [-0.05, 0) is 42.5 Å². The van der Waals surface area contributed by atoms with E-state index in [0.717, 1.165) is 21.1 Å². The van der Waals surface area contributed by atoms with E-state index < -0.39 is 16.3 Å². The van der Waals surface area contributed by atoms with Crippen LogP contribution in [0.25, 0.3) is 9.88 Å². The summed E-state index contributed by atoms with van der Waals surface area (Å²) >= 11 is 4.47. The quantitative estimate of drug-likeness (QED) is 0.283. The Morgan fingerprint density at radius 3 is 2.59 bits per heavy atom. The third-order valence-corrected chi connectivity index (χ3v) is 7.57. The van der Waals surface area contributed by atoms with Gasteiger partial charge in [-0.15, -0.1) is 34.0 Å². The number of carbonyl (C=O) groups excluding carboxylic acids is 1. The first kappa shape index (κ1) is 24.3. The van der Waals surface area contributed by atoms with Crippen molar-refractivity contribution < 1.29 is 22.1 Å². The molecule has 0 bridgehead atoms.